The molecule has 0 spiro atoms. The standard InChI is InChI=1S/C11H19N3/c1-3-4-9-7-12-8-10(9)11-5-6-13-14(11)2/h5-6,9-10,12H,3-4,7-8H2,1-2H3/t9-,10+/m0/s1. The fraction of sp³-hybridized carbons (Fsp3) is 0.727. The summed E-state index contributed by atoms with van der Waals surface area (Å²) < 4.78 is 2.01. The molecular weight excluding hydrogens is 174 g/mol. The normalized spacial score (nSPS) is 27.0. The van der Waals surface area contributed by atoms with Crippen LogP contribution in [0.15, 0.2) is 12.3 Å². The first-order chi connectivity index (χ1) is 6.83. The van der Waals surface area contributed by atoms with Crippen molar-refractivity contribution < 1.29 is 0 Å². The van der Waals surface area contributed by atoms with Gasteiger partial charge in [0.05, 0.1) is 0 Å². The second-order valence-electron chi connectivity index (χ2n) is 4.19. The lowest BCUT2D eigenvalue weighted by molar-refractivity contribution is 0.453. The van der Waals surface area contributed by atoms with E-state index < -0.39 is 0 Å². The summed E-state index contributed by atoms with van der Waals surface area (Å²) in [6.07, 6.45) is 4.50. The van der Waals surface area contributed by atoms with E-state index in [0.717, 1.165) is 12.5 Å². The summed E-state index contributed by atoms with van der Waals surface area (Å²) in [5, 5.41) is 7.73. The number of aromatic nitrogens is 2. The Balaban J connectivity index is 2.13. The molecule has 0 aliphatic carbocycles. The lowest BCUT2D eigenvalue weighted by Gasteiger charge is -2.17. The van der Waals surface area contributed by atoms with Gasteiger partial charge in [-0.25, -0.2) is 0 Å². The van der Waals surface area contributed by atoms with Gasteiger partial charge in [-0.05, 0) is 24.9 Å². The van der Waals surface area contributed by atoms with Gasteiger partial charge in [0.25, 0.3) is 0 Å². The molecule has 0 unspecified atom stereocenters. The topological polar surface area (TPSA) is 29.9 Å². The van der Waals surface area contributed by atoms with Gasteiger partial charge >= 0.3 is 0 Å². The Kier molecular flexibility index (Phi) is 2.87. The lowest BCUT2D eigenvalue weighted by atomic mass is 9.89. The van der Waals surface area contributed by atoms with Crippen molar-refractivity contribution in [3.63, 3.8) is 0 Å². The largest absolute Gasteiger partial charge is 0.316 e. The van der Waals surface area contributed by atoms with Crippen molar-refractivity contribution in [1.29, 1.82) is 0 Å². The van der Waals surface area contributed by atoms with Crippen molar-refractivity contribution in [1.82, 2.24) is 15.1 Å². The van der Waals surface area contributed by atoms with Crippen LogP contribution in [0, 0.1) is 5.92 Å². The van der Waals surface area contributed by atoms with Crippen LogP contribution in [-0.2, 0) is 7.05 Å². The zero-order valence-corrected chi connectivity index (χ0v) is 9.03. The number of hydrogen-bond donors (Lipinski definition) is 1. The minimum Gasteiger partial charge on any atom is -0.316 e. The molecule has 1 aliphatic rings. The molecule has 3 nitrogen and oxygen atoms in total. The maximum atomic E-state index is 4.24. The summed E-state index contributed by atoms with van der Waals surface area (Å²) in [7, 11) is 2.04. The van der Waals surface area contributed by atoms with Crippen LogP contribution in [0.4, 0.5) is 0 Å². The van der Waals surface area contributed by atoms with Gasteiger partial charge in [-0.2, -0.15) is 5.10 Å². The molecule has 0 aromatic carbocycles. The zero-order valence-electron chi connectivity index (χ0n) is 9.03. The first-order valence-corrected chi connectivity index (χ1v) is 5.51. The summed E-state index contributed by atoms with van der Waals surface area (Å²) in [6, 6.07) is 2.15. The van der Waals surface area contributed by atoms with E-state index in [1.165, 1.54) is 25.1 Å². The van der Waals surface area contributed by atoms with E-state index in [-0.39, 0.29) is 0 Å². The van der Waals surface area contributed by atoms with Crippen LogP contribution >= 0.6 is 0 Å². The average molecular weight is 193 g/mol. The van der Waals surface area contributed by atoms with Gasteiger partial charge in [-0.3, -0.25) is 4.68 Å². The van der Waals surface area contributed by atoms with Gasteiger partial charge in [-0.15, -0.1) is 0 Å². The quantitative estimate of drug-likeness (QED) is 0.789. The molecule has 1 aromatic heterocycles. The Morgan fingerprint density at radius 2 is 2.43 bits per heavy atom. The van der Waals surface area contributed by atoms with Crippen molar-refractivity contribution in [3.05, 3.63) is 18.0 Å². The van der Waals surface area contributed by atoms with Gasteiger partial charge in [0.15, 0.2) is 0 Å². The monoisotopic (exact) mass is 193 g/mol. The smallest absolute Gasteiger partial charge is 0.0492 e. The van der Waals surface area contributed by atoms with Gasteiger partial charge in [0, 0.05) is 31.4 Å². The predicted octanol–water partition coefficient (Wildman–Crippen LogP) is 1.52. The van der Waals surface area contributed by atoms with Crippen molar-refractivity contribution in [2.24, 2.45) is 13.0 Å². The van der Waals surface area contributed by atoms with Crippen LogP contribution in [0.2, 0.25) is 0 Å². The highest BCUT2D eigenvalue weighted by atomic mass is 15.3. The molecule has 3 heteroatoms. The first-order valence-electron chi connectivity index (χ1n) is 5.51. The molecule has 1 aliphatic heterocycles. The lowest BCUT2D eigenvalue weighted by Crippen LogP contribution is -2.14. The summed E-state index contributed by atoms with van der Waals surface area (Å²) in [5.74, 6) is 1.47. The fourth-order valence-electron chi connectivity index (χ4n) is 2.50. The summed E-state index contributed by atoms with van der Waals surface area (Å²) in [4.78, 5) is 0. The molecule has 1 saturated heterocycles. The highest BCUT2D eigenvalue weighted by Gasteiger charge is 2.29. The van der Waals surface area contributed by atoms with E-state index in [0.29, 0.717) is 5.92 Å². The molecule has 1 aromatic rings. The Bertz CT molecular complexity index is 292. The molecule has 0 amide bonds. The number of aryl methyl sites for hydroxylation is 1. The minimum absolute atomic E-state index is 0.669. The van der Waals surface area contributed by atoms with Crippen LogP contribution in [0.1, 0.15) is 31.4 Å². The second-order valence-corrected chi connectivity index (χ2v) is 4.19. The zero-order chi connectivity index (χ0) is 9.97. The Hall–Kier alpha value is -0.830. The third kappa shape index (κ3) is 1.69. The molecule has 2 heterocycles. The highest BCUT2D eigenvalue weighted by Crippen LogP contribution is 2.30. The third-order valence-corrected chi connectivity index (χ3v) is 3.24. The molecule has 1 fully saturated rings. The summed E-state index contributed by atoms with van der Waals surface area (Å²) in [6.45, 7) is 4.55. The molecule has 0 saturated carbocycles. The first kappa shape index (κ1) is 9.71. The summed E-state index contributed by atoms with van der Waals surface area (Å²) in [5.41, 5.74) is 1.38. The predicted molar refractivity (Wildman–Crippen MR) is 57.2 cm³/mol. The van der Waals surface area contributed by atoms with Crippen LogP contribution in [-0.4, -0.2) is 22.9 Å². The highest BCUT2D eigenvalue weighted by molar-refractivity contribution is 5.12. The van der Waals surface area contributed by atoms with Crippen LogP contribution in [0.5, 0.6) is 0 Å². The molecule has 14 heavy (non-hydrogen) atoms. The Morgan fingerprint density at radius 3 is 3.07 bits per heavy atom. The fourth-order valence-corrected chi connectivity index (χ4v) is 2.50. The number of hydrogen-bond acceptors (Lipinski definition) is 2. The van der Waals surface area contributed by atoms with Gasteiger partial charge < -0.3 is 5.32 Å². The Labute approximate surface area is 85.5 Å². The SMILES string of the molecule is CCC[C@H]1CNC[C@H]1c1ccnn1C. The maximum Gasteiger partial charge on any atom is 0.0492 e. The number of nitrogens with one attached hydrogen (secondary N) is 1. The van der Waals surface area contributed by atoms with Crippen LogP contribution in [0.25, 0.3) is 0 Å². The van der Waals surface area contributed by atoms with Crippen molar-refractivity contribution in [2.45, 2.75) is 25.7 Å². The van der Waals surface area contributed by atoms with E-state index in [1.54, 1.807) is 0 Å². The van der Waals surface area contributed by atoms with E-state index >= 15 is 0 Å². The molecule has 78 valence electrons. The molecule has 2 rings (SSSR count). The van der Waals surface area contributed by atoms with E-state index in [4.69, 9.17) is 0 Å². The van der Waals surface area contributed by atoms with Gasteiger partial charge in [-0.1, -0.05) is 13.3 Å². The van der Waals surface area contributed by atoms with E-state index in [1.807, 2.05) is 17.9 Å². The molecule has 0 bridgehead atoms. The van der Waals surface area contributed by atoms with Crippen LogP contribution < -0.4 is 5.32 Å². The van der Waals surface area contributed by atoms with Crippen molar-refractivity contribution in [2.75, 3.05) is 13.1 Å². The van der Waals surface area contributed by atoms with Crippen molar-refractivity contribution >= 4 is 0 Å². The Morgan fingerprint density at radius 1 is 1.57 bits per heavy atom. The molecular formula is C11H19N3. The van der Waals surface area contributed by atoms with Crippen LogP contribution in [0.3, 0.4) is 0 Å². The molecule has 2 atom stereocenters. The van der Waals surface area contributed by atoms with Crippen molar-refractivity contribution in [3.8, 4) is 0 Å². The second kappa shape index (κ2) is 4.13. The van der Waals surface area contributed by atoms with E-state index in [2.05, 4.69) is 23.4 Å². The average Bonchev–Trinajstić information content (AvgIpc) is 2.74. The minimum atomic E-state index is 0.669. The molecule has 0 radical (unpaired) electrons. The maximum absolute atomic E-state index is 4.24. The number of rotatable bonds is 3. The summed E-state index contributed by atoms with van der Waals surface area (Å²) >= 11 is 0. The molecule has 1 N–H and O–H groups in total. The van der Waals surface area contributed by atoms with Gasteiger partial charge in [0.1, 0.15) is 0 Å². The van der Waals surface area contributed by atoms with Gasteiger partial charge in [0.2, 0.25) is 0 Å². The van der Waals surface area contributed by atoms with E-state index in [9.17, 15) is 0 Å². The third-order valence-electron chi connectivity index (χ3n) is 3.24. The number of nitrogens with zero attached hydrogens (tertiary/aromatic N) is 2.